The van der Waals surface area contributed by atoms with Gasteiger partial charge in [0.05, 0.1) is 30.9 Å². The molecule has 1 aliphatic rings. The molecule has 164 valence electrons. The van der Waals surface area contributed by atoms with Crippen LogP contribution < -0.4 is 19.9 Å². The van der Waals surface area contributed by atoms with Crippen molar-refractivity contribution in [3.05, 3.63) is 70.1 Å². The molecule has 7 nitrogen and oxygen atoms in total. The Labute approximate surface area is 187 Å². The van der Waals surface area contributed by atoms with Crippen LogP contribution in [0, 0.1) is 25.2 Å². The number of allylic oxidation sites excluding steroid dienone is 1. The van der Waals surface area contributed by atoms with Crippen LogP contribution in [0.25, 0.3) is 11.3 Å². The average molecular weight is 431 g/mol. The summed E-state index contributed by atoms with van der Waals surface area (Å²) in [7, 11) is 1.60. The van der Waals surface area contributed by atoms with E-state index in [-0.39, 0.29) is 5.88 Å². The highest BCUT2D eigenvalue weighted by atomic mass is 16.5. The van der Waals surface area contributed by atoms with Gasteiger partial charge in [0.25, 0.3) is 0 Å². The van der Waals surface area contributed by atoms with E-state index < -0.39 is 5.92 Å². The summed E-state index contributed by atoms with van der Waals surface area (Å²) in [5, 5.41) is 17.4. The SMILES string of the molecule is CCCOc1ccc([C@H]2C(C#N)=C(N)Oc3n[nH]c(-c4ccc(C)c(C)c4)c32)cc1OC. The highest BCUT2D eigenvalue weighted by molar-refractivity contribution is 5.72. The second-order valence-electron chi connectivity index (χ2n) is 7.80. The Bertz CT molecular complexity index is 1240. The maximum Gasteiger partial charge on any atom is 0.244 e. The molecule has 1 aliphatic heterocycles. The van der Waals surface area contributed by atoms with Gasteiger partial charge < -0.3 is 19.9 Å². The number of rotatable bonds is 6. The van der Waals surface area contributed by atoms with Crippen molar-refractivity contribution in [2.75, 3.05) is 13.7 Å². The van der Waals surface area contributed by atoms with Gasteiger partial charge in [-0.2, -0.15) is 5.26 Å². The van der Waals surface area contributed by atoms with E-state index in [1.54, 1.807) is 7.11 Å². The molecule has 0 radical (unpaired) electrons. The Morgan fingerprint density at radius 2 is 1.97 bits per heavy atom. The quantitative estimate of drug-likeness (QED) is 0.587. The van der Waals surface area contributed by atoms with Crippen molar-refractivity contribution in [3.63, 3.8) is 0 Å². The number of hydrogen-bond acceptors (Lipinski definition) is 6. The Kier molecular flexibility index (Phi) is 5.78. The normalized spacial score (nSPS) is 15.0. The number of aromatic amines is 1. The monoisotopic (exact) mass is 430 g/mol. The molecule has 3 aromatic rings. The first kappa shape index (κ1) is 21.3. The fraction of sp³-hybridized carbons (Fsp3) is 0.280. The molecule has 7 heteroatoms. The predicted molar refractivity (Wildman–Crippen MR) is 122 cm³/mol. The number of benzene rings is 2. The minimum Gasteiger partial charge on any atom is -0.493 e. The average Bonchev–Trinajstić information content (AvgIpc) is 3.21. The number of H-pyrrole nitrogens is 1. The van der Waals surface area contributed by atoms with Crippen molar-refractivity contribution in [3.8, 4) is 34.7 Å². The second-order valence-corrected chi connectivity index (χ2v) is 7.80. The van der Waals surface area contributed by atoms with Crippen molar-refractivity contribution in [2.45, 2.75) is 33.1 Å². The summed E-state index contributed by atoms with van der Waals surface area (Å²) in [6, 6.07) is 14.1. The van der Waals surface area contributed by atoms with Gasteiger partial charge in [-0.15, -0.1) is 5.10 Å². The van der Waals surface area contributed by atoms with E-state index in [0.717, 1.165) is 34.4 Å². The van der Waals surface area contributed by atoms with E-state index in [1.807, 2.05) is 31.2 Å². The number of methoxy groups -OCH3 is 1. The molecular formula is C25H26N4O3. The van der Waals surface area contributed by atoms with Crippen molar-refractivity contribution < 1.29 is 14.2 Å². The standard InChI is InChI=1S/C25H26N4O3/c1-5-10-31-19-9-8-16(12-20(19)30-4)21-18(13-26)24(27)32-25-22(21)23(28-29-25)17-7-6-14(2)15(3)11-17/h6-9,11-12,21H,5,10,27H2,1-4H3,(H,28,29)/t21-/m0/s1. The Hall–Kier alpha value is -3.92. The number of aryl methyl sites for hydroxylation is 2. The molecular weight excluding hydrogens is 404 g/mol. The highest BCUT2D eigenvalue weighted by Crippen LogP contribution is 2.47. The summed E-state index contributed by atoms with van der Waals surface area (Å²) < 4.78 is 17.1. The Morgan fingerprint density at radius 3 is 2.66 bits per heavy atom. The lowest BCUT2D eigenvalue weighted by Gasteiger charge is -2.25. The van der Waals surface area contributed by atoms with Gasteiger partial charge >= 0.3 is 0 Å². The maximum absolute atomic E-state index is 9.94. The number of nitriles is 1. The smallest absolute Gasteiger partial charge is 0.244 e. The van der Waals surface area contributed by atoms with Gasteiger partial charge in [0.1, 0.15) is 11.6 Å². The molecule has 0 spiro atoms. The third-order valence-corrected chi connectivity index (χ3v) is 5.72. The molecule has 0 amide bonds. The van der Waals surface area contributed by atoms with E-state index in [2.05, 4.69) is 42.2 Å². The first-order chi connectivity index (χ1) is 15.5. The lowest BCUT2D eigenvalue weighted by Crippen LogP contribution is -2.21. The zero-order valence-corrected chi connectivity index (χ0v) is 18.7. The molecule has 0 unspecified atom stereocenters. The van der Waals surface area contributed by atoms with Crippen LogP contribution in [0.2, 0.25) is 0 Å². The largest absolute Gasteiger partial charge is 0.493 e. The molecule has 3 N–H and O–H groups in total. The Morgan fingerprint density at radius 1 is 1.16 bits per heavy atom. The third kappa shape index (κ3) is 3.65. The number of fused-ring (bicyclic) bond motifs is 1. The summed E-state index contributed by atoms with van der Waals surface area (Å²) in [4.78, 5) is 0. The maximum atomic E-state index is 9.94. The molecule has 0 fully saturated rings. The fourth-order valence-electron chi connectivity index (χ4n) is 3.89. The summed E-state index contributed by atoms with van der Waals surface area (Å²) in [5.41, 5.74) is 12.2. The molecule has 2 heterocycles. The molecule has 32 heavy (non-hydrogen) atoms. The molecule has 0 aliphatic carbocycles. The van der Waals surface area contributed by atoms with Gasteiger partial charge in [-0.1, -0.05) is 25.1 Å². The van der Waals surface area contributed by atoms with E-state index in [0.29, 0.717) is 29.6 Å². The first-order valence-corrected chi connectivity index (χ1v) is 10.5. The zero-order valence-electron chi connectivity index (χ0n) is 18.7. The highest BCUT2D eigenvalue weighted by Gasteiger charge is 2.36. The van der Waals surface area contributed by atoms with Crippen molar-refractivity contribution >= 4 is 0 Å². The van der Waals surface area contributed by atoms with E-state index >= 15 is 0 Å². The molecule has 0 saturated heterocycles. The van der Waals surface area contributed by atoms with Crippen LogP contribution in [0.4, 0.5) is 0 Å². The number of ether oxygens (including phenoxy) is 3. The van der Waals surface area contributed by atoms with Crippen molar-refractivity contribution in [1.82, 2.24) is 10.2 Å². The van der Waals surface area contributed by atoms with Crippen LogP contribution in [0.1, 0.15) is 41.5 Å². The fourth-order valence-corrected chi connectivity index (χ4v) is 3.89. The molecule has 1 aromatic heterocycles. The number of nitrogens with zero attached hydrogens (tertiary/aromatic N) is 2. The Balaban J connectivity index is 1.88. The van der Waals surface area contributed by atoms with Gasteiger partial charge in [0, 0.05) is 5.56 Å². The second kappa shape index (κ2) is 8.67. The molecule has 4 rings (SSSR count). The molecule has 1 atom stereocenters. The minimum absolute atomic E-state index is 0.0495. The van der Waals surface area contributed by atoms with Crippen LogP contribution in [-0.4, -0.2) is 23.9 Å². The van der Waals surface area contributed by atoms with Gasteiger partial charge in [0.15, 0.2) is 11.5 Å². The van der Waals surface area contributed by atoms with Crippen LogP contribution in [0.3, 0.4) is 0 Å². The summed E-state index contributed by atoms with van der Waals surface area (Å²) in [6.07, 6.45) is 0.889. The number of nitrogens with two attached hydrogens (primary N) is 1. The van der Waals surface area contributed by atoms with Gasteiger partial charge in [-0.05, 0) is 55.2 Å². The number of nitrogens with one attached hydrogen (secondary N) is 1. The molecule has 2 aromatic carbocycles. The van der Waals surface area contributed by atoms with Crippen LogP contribution in [0.15, 0.2) is 47.9 Å². The zero-order chi connectivity index (χ0) is 22.8. The summed E-state index contributed by atoms with van der Waals surface area (Å²) >= 11 is 0. The lowest BCUT2D eigenvalue weighted by atomic mass is 9.82. The topological polar surface area (TPSA) is 106 Å². The van der Waals surface area contributed by atoms with Crippen LogP contribution in [0.5, 0.6) is 17.4 Å². The predicted octanol–water partition coefficient (Wildman–Crippen LogP) is 4.71. The lowest BCUT2D eigenvalue weighted by molar-refractivity contribution is 0.294. The molecule has 0 bridgehead atoms. The number of hydrogen-bond donors (Lipinski definition) is 2. The molecule has 0 saturated carbocycles. The van der Waals surface area contributed by atoms with Crippen LogP contribution in [-0.2, 0) is 0 Å². The van der Waals surface area contributed by atoms with Crippen molar-refractivity contribution in [1.29, 1.82) is 5.26 Å². The van der Waals surface area contributed by atoms with Gasteiger partial charge in [-0.3, -0.25) is 5.10 Å². The van der Waals surface area contributed by atoms with E-state index in [4.69, 9.17) is 19.9 Å². The summed E-state index contributed by atoms with van der Waals surface area (Å²) in [6.45, 7) is 6.77. The first-order valence-electron chi connectivity index (χ1n) is 10.5. The van der Waals surface area contributed by atoms with E-state index in [9.17, 15) is 5.26 Å². The third-order valence-electron chi connectivity index (χ3n) is 5.72. The van der Waals surface area contributed by atoms with Gasteiger partial charge in [-0.25, -0.2) is 0 Å². The van der Waals surface area contributed by atoms with Crippen LogP contribution >= 0.6 is 0 Å². The minimum atomic E-state index is -0.465. The number of aromatic nitrogens is 2. The van der Waals surface area contributed by atoms with Crippen molar-refractivity contribution in [2.24, 2.45) is 5.73 Å². The van der Waals surface area contributed by atoms with Gasteiger partial charge in [0.2, 0.25) is 11.8 Å². The summed E-state index contributed by atoms with van der Waals surface area (Å²) in [5.74, 6) is 1.20. The van der Waals surface area contributed by atoms with E-state index in [1.165, 1.54) is 5.56 Å².